The predicted octanol–water partition coefficient (Wildman–Crippen LogP) is 5.38. The molecular weight excluding hydrogens is 468 g/mol. The number of hydrogen-bond acceptors (Lipinski definition) is 3. The zero-order valence-corrected chi connectivity index (χ0v) is 21.6. The lowest BCUT2D eigenvalue weighted by atomic mass is 9.87. The molecule has 174 valence electrons. The van der Waals surface area contributed by atoms with E-state index in [0.717, 1.165) is 22.0 Å². The lowest BCUT2D eigenvalue weighted by Crippen LogP contribution is -2.49. The SMILES string of the molecule is CCCNC(=O)C(C)N(Cc1ccc(C)cc1)C(=O)COc1ccc(C(C)(C)C)cc1Br. The molecule has 1 unspecified atom stereocenters. The van der Waals surface area contributed by atoms with Gasteiger partial charge < -0.3 is 15.0 Å². The van der Waals surface area contributed by atoms with Crippen molar-refractivity contribution in [1.29, 1.82) is 0 Å². The molecule has 0 aliphatic rings. The smallest absolute Gasteiger partial charge is 0.261 e. The fourth-order valence-electron chi connectivity index (χ4n) is 3.18. The average molecular weight is 503 g/mol. The molecule has 0 spiro atoms. The Hall–Kier alpha value is -2.34. The molecule has 6 heteroatoms. The summed E-state index contributed by atoms with van der Waals surface area (Å²) >= 11 is 3.55. The van der Waals surface area contributed by atoms with Gasteiger partial charge in [-0.05, 0) is 64.9 Å². The van der Waals surface area contributed by atoms with Gasteiger partial charge in [-0.1, -0.05) is 63.6 Å². The normalized spacial score (nSPS) is 12.2. The number of rotatable bonds is 9. The standard InChI is InChI=1S/C26H35BrN2O3/c1-7-14-28-25(31)19(3)29(16-20-10-8-18(2)9-11-20)24(30)17-32-23-13-12-21(15-22(23)27)26(4,5)6/h8-13,15,19H,7,14,16-17H2,1-6H3,(H,28,31). The lowest BCUT2D eigenvalue weighted by Gasteiger charge is -2.29. The van der Waals surface area contributed by atoms with E-state index in [9.17, 15) is 9.59 Å². The molecule has 2 aromatic rings. The third-order valence-corrected chi connectivity index (χ3v) is 5.96. The quantitative estimate of drug-likeness (QED) is 0.500. The second-order valence-corrected chi connectivity index (χ2v) is 10.0. The highest BCUT2D eigenvalue weighted by atomic mass is 79.9. The number of ether oxygens (including phenoxy) is 1. The van der Waals surface area contributed by atoms with Gasteiger partial charge in [0.05, 0.1) is 4.47 Å². The molecule has 0 aliphatic heterocycles. The predicted molar refractivity (Wildman–Crippen MR) is 133 cm³/mol. The van der Waals surface area contributed by atoms with Gasteiger partial charge in [0.15, 0.2) is 6.61 Å². The monoisotopic (exact) mass is 502 g/mol. The highest BCUT2D eigenvalue weighted by Crippen LogP contribution is 2.31. The average Bonchev–Trinajstić information content (AvgIpc) is 2.74. The summed E-state index contributed by atoms with van der Waals surface area (Å²) in [5.41, 5.74) is 3.30. The number of benzene rings is 2. The molecule has 2 rings (SSSR count). The number of nitrogens with zero attached hydrogens (tertiary/aromatic N) is 1. The number of amides is 2. The summed E-state index contributed by atoms with van der Waals surface area (Å²) in [7, 11) is 0. The Morgan fingerprint density at radius 2 is 1.78 bits per heavy atom. The molecule has 32 heavy (non-hydrogen) atoms. The maximum Gasteiger partial charge on any atom is 0.261 e. The molecule has 2 amide bonds. The first kappa shape index (κ1) is 25.9. The number of hydrogen-bond donors (Lipinski definition) is 1. The molecule has 5 nitrogen and oxygen atoms in total. The van der Waals surface area contributed by atoms with Gasteiger partial charge in [-0.2, -0.15) is 0 Å². The second-order valence-electron chi connectivity index (χ2n) is 9.16. The molecular formula is C26H35BrN2O3. The zero-order chi connectivity index (χ0) is 23.9. The summed E-state index contributed by atoms with van der Waals surface area (Å²) in [6, 6.07) is 13.3. The number of aryl methyl sites for hydroxylation is 1. The Morgan fingerprint density at radius 1 is 1.12 bits per heavy atom. The van der Waals surface area contributed by atoms with Crippen LogP contribution in [0.2, 0.25) is 0 Å². The Labute approximate surface area is 200 Å². The minimum atomic E-state index is -0.606. The molecule has 0 aliphatic carbocycles. The Morgan fingerprint density at radius 3 is 2.34 bits per heavy atom. The number of carbonyl (C=O) groups is 2. The summed E-state index contributed by atoms with van der Waals surface area (Å²) in [6.07, 6.45) is 0.839. The van der Waals surface area contributed by atoms with Crippen LogP contribution in [-0.2, 0) is 21.5 Å². The van der Waals surface area contributed by atoms with E-state index in [1.807, 2.05) is 56.3 Å². The molecule has 2 aromatic carbocycles. The summed E-state index contributed by atoms with van der Waals surface area (Å²) in [5, 5.41) is 2.88. The first-order valence-electron chi connectivity index (χ1n) is 11.1. The molecule has 0 fully saturated rings. The van der Waals surface area contributed by atoms with Crippen molar-refractivity contribution in [2.45, 2.75) is 66.0 Å². The number of carbonyl (C=O) groups excluding carboxylic acids is 2. The van der Waals surface area contributed by atoms with Gasteiger partial charge >= 0.3 is 0 Å². The maximum atomic E-state index is 13.2. The van der Waals surface area contributed by atoms with E-state index in [2.05, 4.69) is 42.0 Å². The Kier molecular flexibility index (Phi) is 9.32. The maximum absolute atomic E-state index is 13.2. The van der Waals surface area contributed by atoms with Crippen molar-refractivity contribution >= 4 is 27.7 Å². The van der Waals surface area contributed by atoms with Crippen LogP contribution in [0.15, 0.2) is 46.9 Å². The Bertz CT molecular complexity index is 920. The fraction of sp³-hybridized carbons (Fsp3) is 0.462. The van der Waals surface area contributed by atoms with Crippen molar-refractivity contribution in [2.24, 2.45) is 0 Å². The molecule has 0 saturated heterocycles. The van der Waals surface area contributed by atoms with Gasteiger partial charge in [-0.25, -0.2) is 0 Å². The van der Waals surface area contributed by atoms with Crippen molar-refractivity contribution < 1.29 is 14.3 Å². The second kappa shape index (κ2) is 11.5. The topological polar surface area (TPSA) is 58.6 Å². The van der Waals surface area contributed by atoms with Crippen LogP contribution in [0.5, 0.6) is 5.75 Å². The van der Waals surface area contributed by atoms with Gasteiger partial charge in [-0.3, -0.25) is 9.59 Å². The number of nitrogens with one attached hydrogen (secondary N) is 1. The van der Waals surface area contributed by atoms with Crippen molar-refractivity contribution in [2.75, 3.05) is 13.2 Å². The van der Waals surface area contributed by atoms with Crippen molar-refractivity contribution in [3.63, 3.8) is 0 Å². The number of halogens is 1. The summed E-state index contributed by atoms with van der Waals surface area (Å²) in [4.78, 5) is 27.3. The zero-order valence-electron chi connectivity index (χ0n) is 20.0. The summed E-state index contributed by atoms with van der Waals surface area (Å²) in [5.74, 6) is 0.198. The van der Waals surface area contributed by atoms with Crippen LogP contribution in [-0.4, -0.2) is 35.9 Å². The van der Waals surface area contributed by atoms with Crippen LogP contribution in [0, 0.1) is 6.92 Å². The van der Waals surface area contributed by atoms with Crippen LogP contribution in [0.4, 0.5) is 0 Å². The molecule has 0 saturated carbocycles. The minimum absolute atomic E-state index is 0.0169. The van der Waals surface area contributed by atoms with E-state index in [0.29, 0.717) is 18.8 Å². The van der Waals surface area contributed by atoms with Gasteiger partial charge in [-0.15, -0.1) is 0 Å². The van der Waals surface area contributed by atoms with Crippen molar-refractivity contribution in [3.8, 4) is 5.75 Å². The highest BCUT2D eigenvalue weighted by molar-refractivity contribution is 9.10. The van der Waals surface area contributed by atoms with Crippen LogP contribution in [0.25, 0.3) is 0 Å². The third kappa shape index (κ3) is 7.37. The molecule has 0 bridgehead atoms. The first-order chi connectivity index (χ1) is 15.0. The largest absolute Gasteiger partial charge is 0.483 e. The van der Waals surface area contributed by atoms with Crippen LogP contribution in [0.1, 0.15) is 57.7 Å². The van der Waals surface area contributed by atoms with E-state index < -0.39 is 6.04 Å². The van der Waals surface area contributed by atoms with Crippen molar-refractivity contribution in [3.05, 3.63) is 63.6 Å². The third-order valence-electron chi connectivity index (χ3n) is 5.34. The lowest BCUT2D eigenvalue weighted by molar-refractivity contribution is -0.142. The van der Waals surface area contributed by atoms with E-state index in [1.165, 1.54) is 5.56 Å². The van der Waals surface area contributed by atoms with Crippen LogP contribution >= 0.6 is 15.9 Å². The van der Waals surface area contributed by atoms with Gasteiger partial charge in [0.1, 0.15) is 11.8 Å². The fourth-order valence-corrected chi connectivity index (χ4v) is 3.67. The molecule has 0 radical (unpaired) electrons. The van der Waals surface area contributed by atoms with E-state index >= 15 is 0 Å². The van der Waals surface area contributed by atoms with Crippen LogP contribution in [0.3, 0.4) is 0 Å². The van der Waals surface area contributed by atoms with E-state index in [1.54, 1.807) is 11.8 Å². The van der Waals surface area contributed by atoms with E-state index in [4.69, 9.17) is 4.74 Å². The molecule has 0 aromatic heterocycles. The van der Waals surface area contributed by atoms with Gasteiger partial charge in [0.2, 0.25) is 5.91 Å². The summed E-state index contributed by atoms with van der Waals surface area (Å²) in [6.45, 7) is 13.0. The first-order valence-corrected chi connectivity index (χ1v) is 11.9. The van der Waals surface area contributed by atoms with Crippen LogP contribution < -0.4 is 10.1 Å². The molecule has 0 heterocycles. The minimum Gasteiger partial charge on any atom is -0.483 e. The summed E-state index contributed by atoms with van der Waals surface area (Å²) < 4.78 is 6.65. The van der Waals surface area contributed by atoms with Gasteiger partial charge in [0.25, 0.3) is 5.91 Å². The molecule has 1 atom stereocenters. The Balaban J connectivity index is 2.16. The van der Waals surface area contributed by atoms with E-state index in [-0.39, 0.29) is 23.8 Å². The highest BCUT2D eigenvalue weighted by Gasteiger charge is 2.26. The van der Waals surface area contributed by atoms with Gasteiger partial charge in [0, 0.05) is 13.1 Å². The molecule has 1 N–H and O–H groups in total. The van der Waals surface area contributed by atoms with Crippen molar-refractivity contribution in [1.82, 2.24) is 10.2 Å².